The van der Waals surface area contributed by atoms with E-state index in [-0.39, 0.29) is 5.69 Å². The third-order valence-electron chi connectivity index (χ3n) is 2.41. The number of aryl methyl sites for hydroxylation is 1. The molecule has 0 aliphatic heterocycles. The van der Waals surface area contributed by atoms with Gasteiger partial charge in [0.25, 0.3) is 5.69 Å². The molecule has 1 aromatic carbocycles. The summed E-state index contributed by atoms with van der Waals surface area (Å²) in [7, 11) is 0. The van der Waals surface area contributed by atoms with Crippen LogP contribution in [0.3, 0.4) is 0 Å². The molecule has 0 fully saturated rings. The van der Waals surface area contributed by atoms with Crippen LogP contribution in [0.1, 0.15) is 27.0 Å². The number of carbonyl (C=O) groups is 1. The van der Waals surface area contributed by atoms with E-state index in [0.717, 1.165) is 6.29 Å². The lowest BCUT2D eigenvalue weighted by Crippen LogP contribution is -2.00. The number of nitrogens with zero attached hydrogens (tertiary/aromatic N) is 1. The number of benzene rings is 1. The minimum atomic E-state index is -0.410. The molecule has 4 heteroatoms. The second-order valence-electron chi connectivity index (χ2n) is 3.26. The number of nitro benzene ring substituents is 1. The van der Waals surface area contributed by atoms with Gasteiger partial charge in [-0.3, -0.25) is 14.9 Å². The highest BCUT2D eigenvalue weighted by Crippen LogP contribution is 2.27. The van der Waals surface area contributed by atoms with Crippen LogP contribution in [-0.2, 0) is 0 Å². The molecule has 0 aliphatic carbocycles. The molecule has 0 unspecified atom stereocenters. The van der Waals surface area contributed by atoms with Gasteiger partial charge in [-0.2, -0.15) is 0 Å². The zero-order valence-electron chi connectivity index (χ0n) is 8.33. The van der Waals surface area contributed by atoms with Crippen molar-refractivity contribution in [3.05, 3.63) is 38.4 Å². The molecule has 0 amide bonds. The molecule has 74 valence electrons. The summed E-state index contributed by atoms with van der Waals surface area (Å²) in [5.74, 6) is 0. The van der Waals surface area contributed by atoms with Crippen molar-refractivity contribution in [1.29, 1.82) is 0 Å². The quantitative estimate of drug-likeness (QED) is 0.411. The van der Waals surface area contributed by atoms with Crippen LogP contribution in [0.25, 0.3) is 0 Å². The first-order valence-electron chi connectivity index (χ1n) is 4.19. The Labute approximate surface area is 81.7 Å². The first-order valence-corrected chi connectivity index (χ1v) is 4.19. The smallest absolute Gasteiger partial charge is 0.275 e. The maximum absolute atomic E-state index is 10.7. The largest absolute Gasteiger partial charge is 0.298 e. The Balaban J connectivity index is 3.56. The number of carbonyl (C=O) groups excluding carboxylic acids is 1. The average molecular weight is 193 g/mol. The van der Waals surface area contributed by atoms with Crippen LogP contribution >= 0.6 is 0 Å². The van der Waals surface area contributed by atoms with Crippen LogP contribution in [0.5, 0.6) is 0 Å². The van der Waals surface area contributed by atoms with E-state index < -0.39 is 4.92 Å². The van der Waals surface area contributed by atoms with Crippen LogP contribution in [0.2, 0.25) is 0 Å². The summed E-state index contributed by atoms with van der Waals surface area (Å²) in [5.41, 5.74) is 2.40. The van der Waals surface area contributed by atoms with Crippen molar-refractivity contribution in [3.63, 3.8) is 0 Å². The van der Waals surface area contributed by atoms with Crippen molar-refractivity contribution in [2.75, 3.05) is 0 Å². The monoisotopic (exact) mass is 193 g/mol. The standard InChI is InChI=1S/C10H11NO3/c1-6-4-9(5-12)7(2)8(3)10(6)11(13)14/h4-5H,1-3H3. The predicted molar refractivity (Wildman–Crippen MR) is 52.7 cm³/mol. The lowest BCUT2D eigenvalue weighted by Gasteiger charge is -2.06. The summed E-state index contributed by atoms with van der Waals surface area (Å²) < 4.78 is 0. The third kappa shape index (κ3) is 1.51. The SMILES string of the molecule is Cc1cc(C=O)c(C)c(C)c1[N+](=O)[O-]. The molecule has 0 saturated carbocycles. The van der Waals surface area contributed by atoms with E-state index in [1.807, 2.05) is 0 Å². The number of hydrogen-bond donors (Lipinski definition) is 0. The normalized spacial score (nSPS) is 9.93. The Morgan fingerprint density at radius 1 is 1.29 bits per heavy atom. The second kappa shape index (κ2) is 3.57. The number of aldehydes is 1. The van der Waals surface area contributed by atoms with E-state index in [0.29, 0.717) is 22.3 Å². The average Bonchev–Trinajstić information content (AvgIpc) is 2.10. The highest BCUT2D eigenvalue weighted by Gasteiger charge is 2.18. The van der Waals surface area contributed by atoms with Gasteiger partial charge in [-0.15, -0.1) is 0 Å². The van der Waals surface area contributed by atoms with E-state index in [1.54, 1.807) is 26.8 Å². The van der Waals surface area contributed by atoms with Gasteiger partial charge in [-0.25, -0.2) is 0 Å². The van der Waals surface area contributed by atoms with E-state index >= 15 is 0 Å². The van der Waals surface area contributed by atoms with Crippen molar-refractivity contribution in [2.24, 2.45) is 0 Å². The molecule has 0 saturated heterocycles. The summed E-state index contributed by atoms with van der Waals surface area (Å²) in [6.45, 7) is 5.01. The molecule has 0 bridgehead atoms. The van der Waals surface area contributed by atoms with E-state index in [2.05, 4.69) is 0 Å². The summed E-state index contributed by atoms with van der Waals surface area (Å²) >= 11 is 0. The molecule has 0 heterocycles. The first-order chi connectivity index (χ1) is 6.49. The topological polar surface area (TPSA) is 60.2 Å². The van der Waals surface area contributed by atoms with Crippen LogP contribution in [-0.4, -0.2) is 11.2 Å². The fourth-order valence-corrected chi connectivity index (χ4v) is 1.50. The molecule has 0 aromatic heterocycles. The Bertz CT molecular complexity index is 410. The number of hydrogen-bond acceptors (Lipinski definition) is 3. The maximum atomic E-state index is 10.7. The molecule has 14 heavy (non-hydrogen) atoms. The Morgan fingerprint density at radius 3 is 2.29 bits per heavy atom. The van der Waals surface area contributed by atoms with Gasteiger partial charge in [0.05, 0.1) is 4.92 Å². The lowest BCUT2D eigenvalue weighted by molar-refractivity contribution is -0.386. The zero-order chi connectivity index (χ0) is 10.9. The van der Waals surface area contributed by atoms with Crippen molar-refractivity contribution < 1.29 is 9.72 Å². The van der Waals surface area contributed by atoms with Gasteiger partial charge in [0.1, 0.15) is 6.29 Å². The fraction of sp³-hybridized carbons (Fsp3) is 0.300. The molecule has 0 spiro atoms. The summed E-state index contributed by atoms with van der Waals surface area (Å²) in [4.78, 5) is 20.9. The molecular formula is C10H11NO3. The van der Waals surface area contributed by atoms with E-state index in [1.165, 1.54) is 0 Å². The molecule has 0 aliphatic rings. The zero-order valence-corrected chi connectivity index (χ0v) is 8.33. The van der Waals surface area contributed by atoms with Gasteiger partial charge in [0, 0.05) is 16.7 Å². The third-order valence-corrected chi connectivity index (χ3v) is 2.41. The summed E-state index contributed by atoms with van der Waals surface area (Å²) in [5, 5.41) is 10.7. The lowest BCUT2D eigenvalue weighted by atomic mass is 9.98. The summed E-state index contributed by atoms with van der Waals surface area (Å²) in [6, 6.07) is 1.55. The molecule has 4 nitrogen and oxygen atoms in total. The van der Waals surface area contributed by atoms with Gasteiger partial charge < -0.3 is 0 Å². The highest BCUT2D eigenvalue weighted by molar-refractivity contribution is 5.80. The highest BCUT2D eigenvalue weighted by atomic mass is 16.6. The maximum Gasteiger partial charge on any atom is 0.275 e. The minimum absolute atomic E-state index is 0.105. The van der Waals surface area contributed by atoms with Crippen molar-refractivity contribution in [3.8, 4) is 0 Å². The molecule has 0 atom stereocenters. The van der Waals surface area contributed by atoms with Crippen LogP contribution < -0.4 is 0 Å². The predicted octanol–water partition coefficient (Wildman–Crippen LogP) is 2.33. The fourth-order valence-electron chi connectivity index (χ4n) is 1.50. The van der Waals surface area contributed by atoms with Crippen LogP contribution in [0.15, 0.2) is 6.07 Å². The van der Waals surface area contributed by atoms with Gasteiger partial charge in [-0.1, -0.05) is 0 Å². The number of rotatable bonds is 2. The van der Waals surface area contributed by atoms with E-state index in [9.17, 15) is 14.9 Å². The van der Waals surface area contributed by atoms with Gasteiger partial charge in [0.2, 0.25) is 0 Å². The van der Waals surface area contributed by atoms with Crippen LogP contribution in [0.4, 0.5) is 5.69 Å². The van der Waals surface area contributed by atoms with E-state index in [4.69, 9.17) is 0 Å². The van der Waals surface area contributed by atoms with Gasteiger partial charge >= 0.3 is 0 Å². The minimum Gasteiger partial charge on any atom is -0.298 e. The van der Waals surface area contributed by atoms with Crippen molar-refractivity contribution >= 4 is 12.0 Å². The van der Waals surface area contributed by atoms with Gasteiger partial charge in [0.15, 0.2) is 0 Å². The summed E-state index contributed by atoms with van der Waals surface area (Å²) in [6.07, 6.45) is 0.721. The molecule has 0 radical (unpaired) electrons. The number of nitro groups is 1. The Hall–Kier alpha value is -1.71. The van der Waals surface area contributed by atoms with Gasteiger partial charge in [-0.05, 0) is 32.4 Å². The second-order valence-corrected chi connectivity index (χ2v) is 3.26. The van der Waals surface area contributed by atoms with Crippen molar-refractivity contribution in [2.45, 2.75) is 20.8 Å². The molecular weight excluding hydrogens is 182 g/mol. The van der Waals surface area contributed by atoms with Crippen molar-refractivity contribution in [1.82, 2.24) is 0 Å². The first kappa shape index (κ1) is 10.4. The molecule has 0 N–H and O–H groups in total. The Kier molecular flexibility index (Phi) is 2.65. The van der Waals surface area contributed by atoms with Crippen LogP contribution in [0, 0.1) is 30.9 Å². The molecule has 1 aromatic rings. The molecule has 1 rings (SSSR count). The Morgan fingerprint density at radius 2 is 1.86 bits per heavy atom.